The van der Waals surface area contributed by atoms with Gasteiger partial charge in [-0.2, -0.15) is 0 Å². The lowest BCUT2D eigenvalue weighted by molar-refractivity contribution is 0.625. The Bertz CT molecular complexity index is 320. The first-order chi connectivity index (χ1) is 5.62. The Morgan fingerprint density at radius 1 is 1.58 bits per heavy atom. The molecule has 2 rings (SSSR count). The third kappa shape index (κ3) is 1.21. The van der Waals surface area contributed by atoms with E-state index in [1.807, 2.05) is 0 Å². The summed E-state index contributed by atoms with van der Waals surface area (Å²) >= 11 is 5.64. The molecule has 1 atom stereocenters. The molecule has 1 aromatic rings. The molecule has 1 aliphatic heterocycles. The van der Waals surface area contributed by atoms with Crippen molar-refractivity contribution in [3.63, 3.8) is 0 Å². The van der Waals surface area contributed by atoms with Crippen molar-refractivity contribution in [2.45, 2.75) is 12.5 Å². The van der Waals surface area contributed by atoms with Gasteiger partial charge < -0.3 is 5.32 Å². The molecule has 1 unspecified atom stereocenters. The number of hydrogen-bond acceptors (Lipinski definition) is 1. The summed E-state index contributed by atoms with van der Waals surface area (Å²) < 4.78 is 12.8. The van der Waals surface area contributed by atoms with Crippen LogP contribution < -0.4 is 5.32 Å². The number of benzene rings is 1. The molecule has 1 fully saturated rings. The zero-order chi connectivity index (χ0) is 8.77. The van der Waals surface area contributed by atoms with Gasteiger partial charge in [0.15, 0.2) is 0 Å². The quantitative estimate of drug-likeness (QED) is 0.667. The largest absolute Gasteiger partial charge is 0.304 e. The molecule has 0 aliphatic carbocycles. The second-order valence-corrected chi connectivity index (χ2v) is 3.72. The Balaban J connectivity index is 2.41. The van der Waals surface area contributed by atoms with Crippen molar-refractivity contribution in [3.8, 4) is 0 Å². The van der Waals surface area contributed by atoms with Gasteiger partial charge in [0.05, 0.1) is 10.6 Å². The number of halogens is 2. The first-order valence-corrected chi connectivity index (χ1v) is 4.20. The molecule has 1 aliphatic rings. The van der Waals surface area contributed by atoms with Crippen molar-refractivity contribution in [2.24, 2.45) is 0 Å². The first-order valence-electron chi connectivity index (χ1n) is 3.82. The molecule has 1 nitrogen and oxygen atoms in total. The fourth-order valence-corrected chi connectivity index (χ4v) is 1.36. The Morgan fingerprint density at radius 3 is 2.75 bits per heavy atom. The van der Waals surface area contributed by atoms with Gasteiger partial charge in [0.2, 0.25) is 0 Å². The molecular formula is C9H9ClFN. The van der Waals surface area contributed by atoms with Crippen LogP contribution in [0.5, 0.6) is 0 Å². The second-order valence-electron chi connectivity index (χ2n) is 3.31. The van der Waals surface area contributed by atoms with E-state index in [1.54, 1.807) is 12.1 Å². The van der Waals surface area contributed by atoms with E-state index < -0.39 is 0 Å². The van der Waals surface area contributed by atoms with Crippen molar-refractivity contribution in [1.82, 2.24) is 5.32 Å². The van der Waals surface area contributed by atoms with E-state index in [0.29, 0.717) is 0 Å². The van der Waals surface area contributed by atoms with E-state index in [0.717, 1.165) is 12.1 Å². The van der Waals surface area contributed by atoms with Crippen LogP contribution in [0.1, 0.15) is 12.5 Å². The van der Waals surface area contributed by atoms with Gasteiger partial charge in [-0.1, -0.05) is 17.7 Å². The molecule has 12 heavy (non-hydrogen) atoms. The average molecular weight is 186 g/mol. The van der Waals surface area contributed by atoms with E-state index in [2.05, 4.69) is 12.2 Å². The smallest absolute Gasteiger partial charge is 0.141 e. The normalized spacial score (nSPS) is 27.2. The zero-order valence-electron chi connectivity index (χ0n) is 6.70. The predicted octanol–water partition coefficient (Wildman–Crippen LogP) is 2.30. The predicted molar refractivity (Wildman–Crippen MR) is 46.8 cm³/mol. The van der Waals surface area contributed by atoms with Gasteiger partial charge in [-0.05, 0) is 24.6 Å². The third-order valence-electron chi connectivity index (χ3n) is 2.26. The van der Waals surface area contributed by atoms with Crippen LogP contribution >= 0.6 is 11.6 Å². The highest BCUT2D eigenvalue weighted by atomic mass is 35.5. The van der Waals surface area contributed by atoms with E-state index in [-0.39, 0.29) is 16.4 Å². The Labute approximate surface area is 75.5 Å². The summed E-state index contributed by atoms with van der Waals surface area (Å²) in [6.07, 6.45) is 0. The van der Waals surface area contributed by atoms with Crippen molar-refractivity contribution < 1.29 is 4.39 Å². The Kier molecular flexibility index (Phi) is 1.63. The van der Waals surface area contributed by atoms with Crippen LogP contribution in [-0.2, 0) is 5.54 Å². The molecule has 0 saturated carbocycles. The number of rotatable bonds is 1. The van der Waals surface area contributed by atoms with Crippen LogP contribution in [0.15, 0.2) is 18.2 Å². The molecular weight excluding hydrogens is 177 g/mol. The lowest BCUT2D eigenvalue weighted by Crippen LogP contribution is -2.06. The molecule has 0 amide bonds. The maximum absolute atomic E-state index is 12.8. The summed E-state index contributed by atoms with van der Waals surface area (Å²) in [6, 6.07) is 4.85. The Morgan fingerprint density at radius 2 is 2.25 bits per heavy atom. The van der Waals surface area contributed by atoms with Gasteiger partial charge in [0.25, 0.3) is 0 Å². The number of nitrogens with one attached hydrogen (secondary N) is 1. The van der Waals surface area contributed by atoms with E-state index in [9.17, 15) is 4.39 Å². The summed E-state index contributed by atoms with van der Waals surface area (Å²) in [5.74, 6) is -0.357. The van der Waals surface area contributed by atoms with Gasteiger partial charge in [0, 0.05) is 6.54 Å². The molecule has 0 spiro atoms. The van der Waals surface area contributed by atoms with E-state index in [4.69, 9.17) is 11.6 Å². The van der Waals surface area contributed by atoms with Gasteiger partial charge in [-0.15, -0.1) is 0 Å². The van der Waals surface area contributed by atoms with Gasteiger partial charge in [-0.3, -0.25) is 0 Å². The lowest BCUT2D eigenvalue weighted by Gasteiger charge is -2.07. The fraction of sp³-hybridized carbons (Fsp3) is 0.333. The summed E-state index contributed by atoms with van der Waals surface area (Å²) in [6.45, 7) is 3.01. The second kappa shape index (κ2) is 2.44. The van der Waals surface area contributed by atoms with E-state index in [1.165, 1.54) is 6.07 Å². The minimum Gasteiger partial charge on any atom is -0.304 e. The molecule has 3 heteroatoms. The highest BCUT2D eigenvalue weighted by Crippen LogP contribution is 2.31. The fourth-order valence-electron chi connectivity index (χ4n) is 1.18. The van der Waals surface area contributed by atoms with Gasteiger partial charge in [-0.25, -0.2) is 4.39 Å². The third-order valence-corrected chi connectivity index (χ3v) is 2.55. The summed E-state index contributed by atoms with van der Waals surface area (Å²) in [5, 5.41) is 3.39. The van der Waals surface area contributed by atoms with Crippen LogP contribution in [0.25, 0.3) is 0 Å². The van der Waals surface area contributed by atoms with Gasteiger partial charge in [0.1, 0.15) is 5.82 Å². The molecule has 1 saturated heterocycles. The van der Waals surface area contributed by atoms with Crippen molar-refractivity contribution in [1.29, 1.82) is 0 Å². The molecule has 1 aromatic carbocycles. The Hall–Kier alpha value is -0.600. The first kappa shape index (κ1) is 8.02. The van der Waals surface area contributed by atoms with E-state index >= 15 is 0 Å². The average Bonchev–Trinajstić information content (AvgIpc) is 2.75. The van der Waals surface area contributed by atoms with Crippen molar-refractivity contribution in [2.75, 3.05) is 6.54 Å². The highest BCUT2D eigenvalue weighted by Gasteiger charge is 2.38. The van der Waals surface area contributed by atoms with Crippen LogP contribution in [0.4, 0.5) is 4.39 Å². The van der Waals surface area contributed by atoms with Crippen LogP contribution in [-0.4, -0.2) is 6.54 Å². The molecule has 1 N–H and O–H groups in total. The van der Waals surface area contributed by atoms with Gasteiger partial charge >= 0.3 is 0 Å². The summed E-state index contributed by atoms with van der Waals surface area (Å²) in [5.41, 5.74) is 1.08. The standard InChI is InChI=1S/C9H9ClFN/c1-9(5-12-9)6-2-3-8(11)7(10)4-6/h2-4,12H,5H2,1H3. The van der Waals surface area contributed by atoms with Crippen molar-refractivity contribution in [3.05, 3.63) is 34.6 Å². The molecule has 64 valence electrons. The number of hydrogen-bond donors (Lipinski definition) is 1. The SMILES string of the molecule is CC1(c2ccc(F)c(Cl)c2)CN1. The molecule has 0 bridgehead atoms. The molecule has 1 heterocycles. The van der Waals surface area contributed by atoms with Crippen LogP contribution in [0, 0.1) is 5.82 Å². The minimum absolute atomic E-state index is 0.0251. The van der Waals surface area contributed by atoms with Crippen LogP contribution in [0.2, 0.25) is 5.02 Å². The molecule has 0 radical (unpaired) electrons. The topological polar surface area (TPSA) is 21.9 Å². The maximum atomic E-state index is 12.8. The zero-order valence-corrected chi connectivity index (χ0v) is 7.45. The summed E-state index contributed by atoms with van der Waals surface area (Å²) in [4.78, 5) is 0. The highest BCUT2D eigenvalue weighted by molar-refractivity contribution is 6.30. The summed E-state index contributed by atoms with van der Waals surface area (Å²) in [7, 11) is 0. The van der Waals surface area contributed by atoms with Crippen LogP contribution in [0.3, 0.4) is 0 Å². The lowest BCUT2D eigenvalue weighted by atomic mass is 10.0. The maximum Gasteiger partial charge on any atom is 0.141 e. The monoisotopic (exact) mass is 185 g/mol. The van der Waals surface area contributed by atoms with Crippen molar-refractivity contribution >= 4 is 11.6 Å². The minimum atomic E-state index is -0.357. The molecule has 0 aromatic heterocycles.